The number of carbonyl (C=O) groups is 1. The molecular weight excluding hydrogens is 212 g/mol. The number of hydrogen-bond donors (Lipinski definition) is 2. The van der Waals surface area contributed by atoms with Crippen LogP contribution in [0.1, 0.15) is 65.2 Å². The largest absolute Gasteiger partial charge is 0.356 e. The van der Waals surface area contributed by atoms with Crippen molar-refractivity contribution in [1.29, 1.82) is 0 Å². The summed E-state index contributed by atoms with van der Waals surface area (Å²) in [5, 5.41) is 2.98. The van der Waals surface area contributed by atoms with Crippen molar-refractivity contribution in [3.63, 3.8) is 0 Å². The van der Waals surface area contributed by atoms with Gasteiger partial charge in [-0.1, -0.05) is 25.7 Å². The zero-order valence-corrected chi connectivity index (χ0v) is 11.4. The van der Waals surface area contributed by atoms with Gasteiger partial charge in [-0.2, -0.15) is 0 Å². The molecule has 0 aromatic carbocycles. The zero-order chi connectivity index (χ0) is 12.7. The van der Waals surface area contributed by atoms with Crippen LogP contribution in [0.2, 0.25) is 0 Å². The Morgan fingerprint density at radius 3 is 2.59 bits per heavy atom. The zero-order valence-electron chi connectivity index (χ0n) is 11.4. The second kappa shape index (κ2) is 7.00. The molecule has 1 aliphatic carbocycles. The Kier molecular flexibility index (Phi) is 5.96. The minimum Gasteiger partial charge on any atom is -0.356 e. The molecule has 0 aliphatic heterocycles. The second-order valence-electron chi connectivity index (χ2n) is 6.13. The van der Waals surface area contributed by atoms with Crippen LogP contribution in [0, 0.1) is 5.92 Å². The first kappa shape index (κ1) is 14.5. The van der Waals surface area contributed by atoms with Crippen LogP contribution in [0.25, 0.3) is 0 Å². The van der Waals surface area contributed by atoms with E-state index >= 15 is 0 Å². The number of amides is 1. The third kappa shape index (κ3) is 7.37. The van der Waals surface area contributed by atoms with Crippen molar-refractivity contribution in [1.82, 2.24) is 5.32 Å². The highest BCUT2D eigenvalue weighted by Gasteiger charge is 2.15. The summed E-state index contributed by atoms with van der Waals surface area (Å²) in [5.74, 6) is 1.07. The normalized spacial score (nSPS) is 17.4. The Morgan fingerprint density at radius 2 is 2.00 bits per heavy atom. The van der Waals surface area contributed by atoms with E-state index in [-0.39, 0.29) is 11.4 Å². The summed E-state index contributed by atoms with van der Waals surface area (Å²) in [5.41, 5.74) is 5.61. The predicted molar refractivity (Wildman–Crippen MR) is 71.7 cm³/mol. The van der Waals surface area contributed by atoms with E-state index in [2.05, 4.69) is 5.32 Å². The molecule has 0 heterocycles. The molecule has 3 heteroatoms. The molecule has 1 rings (SSSR count). The highest BCUT2D eigenvalue weighted by Crippen LogP contribution is 2.28. The van der Waals surface area contributed by atoms with E-state index in [1.807, 2.05) is 13.8 Å². The number of carbonyl (C=O) groups excluding carboxylic acids is 1. The molecule has 0 atom stereocenters. The summed E-state index contributed by atoms with van der Waals surface area (Å²) in [6.07, 6.45) is 9.31. The van der Waals surface area contributed by atoms with Gasteiger partial charge in [0, 0.05) is 18.5 Å². The summed E-state index contributed by atoms with van der Waals surface area (Å²) >= 11 is 0. The quantitative estimate of drug-likeness (QED) is 0.672. The second-order valence-corrected chi connectivity index (χ2v) is 6.13. The van der Waals surface area contributed by atoms with Crippen LogP contribution >= 0.6 is 0 Å². The van der Waals surface area contributed by atoms with E-state index in [4.69, 9.17) is 5.73 Å². The van der Waals surface area contributed by atoms with Crippen LogP contribution in [0.5, 0.6) is 0 Å². The van der Waals surface area contributed by atoms with Gasteiger partial charge in [0.2, 0.25) is 5.91 Å². The van der Waals surface area contributed by atoms with Gasteiger partial charge in [-0.3, -0.25) is 4.79 Å². The Bertz CT molecular complexity index is 227. The van der Waals surface area contributed by atoms with Gasteiger partial charge in [-0.15, -0.1) is 0 Å². The van der Waals surface area contributed by atoms with Crippen molar-refractivity contribution in [2.45, 2.75) is 70.8 Å². The van der Waals surface area contributed by atoms with E-state index in [0.29, 0.717) is 6.42 Å². The van der Waals surface area contributed by atoms with Crippen LogP contribution in [-0.4, -0.2) is 18.0 Å². The van der Waals surface area contributed by atoms with E-state index in [9.17, 15) is 4.79 Å². The molecule has 0 spiro atoms. The van der Waals surface area contributed by atoms with Gasteiger partial charge in [0.25, 0.3) is 0 Å². The van der Waals surface area contributed by atoms with E-state index in [0.717, 1.165) is 25.3 Å². The van der Waals surface area contributed by atoms with Gasteiger partial charge < -0.3 is 11.1 Å². The number of hydrogen-bond acceptors (Lipinski definition) is 2. The van der Waals surface area contributed by atoms with E-state index in [1.165, 1.54) is 32.1 Å². The number of nitrogens with two attached hydrogens (primary N) is 1. The van der Waals surface area contributed by atoms with Gasteiger partial charge in [0.15, 0.2) is 0 Å². The lowest BCUT2D eigenvalue weighted by atomic mass is 10.00. The third-order valence-corrected chi connectivity index (χ3v) is 3.58. The molecule has 17 heavy (non-hydrogen) atoms. The Labute approximate surface area is 106 Å². The number of rotatable bonds is 7. The topological polar surface area (TPSA) is 55.1 Å². The molecule has 0 aromatic rings. The highest BCUT2D eigenvalue weighted by molar-refractivity contribution is 5.75. The maximum absolute atomic E-state index is 11.5. The van der Waals surface area contributed by atoms with E-state index in [1.54, 1.807) is 0 Å². The van der Waals surface area contributed by atoms with Crippen molar-refractivity contribution in [2.75, 3.05) is 6.54 Å². The molecule has 1 aliphatic rings. The van der Waals surface area contributed by atoms with Crippen LogP contribution in [0.15, 0.2) is 0 Å². The van der Waals surface area contributed by atoms with Gasteiger partial charge in [-0.25, -0.2) is 0 Å². The molecule has 3 nitrogen and oxygen atoms in total. The fourth-order valence-electron chi connectivity index (χ4n) is 2.44. The minimum absolute atomic E-state index is 0.148. The van der Waals surface area contributed by atoms with Crippen molar-refractivity contribution in [3.05, 3.63) is 0 Å². The average Bonchev–Trinajstić information content (AvgIpc) is 2.73. The highest BCUT2D eigenvalue weighted by atomic mass is 16.1. The molecule has 1 amide bonds. The standard InChI is InChI=1S/C14H28N2O/c1-14(2,15)10-9-13(17)16-11-5-8-12-6-3-4-7-12/h12H,3-11,15H2,1-2H3,(H,16,17). The third-order valence-electron chi connectivity index (χ3n) is 3.58. The van der Waals surface area contributed by atoms with E-state index < -0.39 is 0 Å². The van der Waals surface area contributed by atoms with Crippen LogP contribution < -0.4 is 11.1 Å². The molecular formula is C14H28N2O. The number of nitrogens with one attached hydrogen (secondary N) is 1. The van der Waals surface area contributed by atoms with Crippen LogP contribution in [0.4, 0.5) is 0 Å². The lowest BCUT2D eigenvalue weighted by Crippen LogP contribution is -2.34. The van der Waals surface area contributed by atoms with Crippen LogP contribution in [-0.2, 0) is 4.79 Å². The summed E-state index contributed by atoms with van der Waals surface area (Å²) in [6.45, 7) is 4.75. The molecule has 0 unspecified atom stereocenters. The molecule has 0 bridgehead atoms. The summed E-state index contributed by atoms with van der Waals surface area (Å²) in [6, 6.07) is 0. The summed E-state index contributed by atoms with van der Waals surface area (Å²) in [4.78, 5) is 11.5. The Morgan fingerprint density at radius 1 is 1.35 bits per heavy atom. The van der Waals surface area contributed by atoms with Gasteiger partial charge in [0.1, 0.15) is 0 Å². The lowest BCUT2D eigenvalue weighted by Gasteiger charge is -2.17. The average molecular weight is 240 g/mol. The smallest absolute Gasteiger partial charge is 0.220 e. The van der Waals surface area contributed by atoms with Crippen molar-refractivity contribution >= 4 is 5.91 Å². The monoisotopic (exact) mass is 240 g/mol. The minimum atomic E-state index is -0.235. The molecule has 100 valence electrons. The molecule has 1 saturated carbocycles. The van der Waals surface area contributed by atoms with Crippen molar-refractivity contribution in [3.8, 4) is 0 Å². The first-order valence-electron chi connectivity index (χ1n) is 7.03. The first-order chi connectivity index (χ1) is 7.97. The first-order valence-corrected chi connectivity index (χ1v) is 7.03. The predicted octanol–water partition coefficient (Wildman–Crippen LogP) is 2.59. The molecule has 0 aromatic heterocycles. The lowest BCUT2D eigenvalue weighted by molar-refractivity contribution is -0.121. The fraction of sp³-hybridized carbons (Fsp3) is 0.929. The molecule has 1 fully saturated rings. The van der Waals surface area contributed by atoms with Gasteiger partial charge >= 0.3 is 0 Å². The van der Waals surface area contributed by atoms with Gasteiger partial charge in [0.05, 0.1) is 0 Å². The maximum atomic E-state index is 11.5. The molecule has 0 radical (unpaired) electrons. The maximum Gasteiger partial charge on any atom is 0.220 e. The molecule has 0 saturated heterocycles. The van der Waals surface area contributed by atoms with Crippen molar-refractivity contribution in [2.24, 2.45) is 11.7 Å². The van der Waals surface area contributed by atoms with Crippen LogP contribution in [0.3, 0.4) is 0 Å². The fourth-order valence-corrected chi connectivity index (χ4v) is 2.44. The Balaban J connectivity index is 1.96. The summed E-state index contributed by atoms with van der Waals surface area (Å²) < 4.78 is 0. The molecule has 3 N–H and O–H groups in total. The Hall–Kier alpha value is -0.570. The SMILES string of the molecule is CC(C)(N)CCC(=O)NCCCC1CCCC1. The van der Waals surface area contributed by atoms with Crippen molar-refractivity contribution < 1.29 is 4.79 Å². The summed E-state index contributed by atoms with van der Waals surface area (Å²) in [7, 11) is 0. The van der Waals surface area contributed by atoms with Gasteiger partial charge in [-0.05, 0) is 39.0 Å².